The molecule has 110 valence electrons. The van der Waals surface area contributed by atoms with Gasteiger partial charge in [0.25, 0.3) is 5.91 Å². The van der Waals surface area contributed by atoms with Crippen molar-refractivity contribution in [3.8, 4) is 0 Å². The molecule has 6 heteroatoms. The Bertz CT molecular complexity index is 673. The van der Waals surface area contributed by atoms with E-state index in [0.717, 1.165) is 5.69 Å². The normalized spacial score (nSPS) is 21.8. The van der Waals surface area contributed by atoms with Crippen LogP contribution in [0.4, 0.5) is 8.78 Å². The summed E-state index contributed by atoms with van der Waals surface area (Å²) in [7, 11) is 0. The molecule has 2 aromatic rings. The first kappa shape index (κ1) is 14.1. The summed E-state index contributed by atoms with van der Waals surface area (Å²) in [6.45, 7) is 1.83. The van der Waals surface area contributed by atoms with Gasteiger partial charge in [-0.25, -0.2) is 13.8 Å². The minimum Gasteiger partial charge on any atom is -0.326 e. The van der Waals surface area contributed by atoms with Crippen LogP contribution in [0, 0.1) is 12.7 Å². The summed E-state index contributed by atoms with van der Waals surface area (Å²) in [6, 6.07) is 5.37. The number of halogens is 2. The van der Waals surface area contributed by atoms with E-state index in [9.17, 15) is 13.6 Å². The van der Waals surface area contributed by atoms with Crippen molar-refractivity contribution in [3.63, 3.8) is 0 Å². The summed E-state index contributed by atoms with van der Waals surface area (Å²) < 4.78 is 27.6. The average molecular weight is 308 g/mol. The van der Waals surface area contributed by atoms with Gasteiger partial charge in [0.1, 0.15) is 17.0 Å². The van der Waals surface area contributed by atoms with Gasteiger partial charge in [-0.15, -0.1) is 11.3 Å². The fraction of sp³-hybridized carbons (Fsp3) is 0.333. The molecule has 2 heterocycles. The van der Waals surface area contributed by atoms with Crippen molar-refractivity contribution in [1.82, 2.24) is 9.88 Å². The first-order valence-electron chi connectivity index (χ1n) is 6.68. The first-order valence-corrected chi connectivity index (χ1v) is 7.56. The molecule has 1 aliphatic rings. The van der Waals surface area contributed by atoms with Crippen molar-refractivity contribution in [3.05, 3.63) is 51.7 Å². The van der Waals surface area contributed by atoms with E-state index in [1.54, 1.807) is 6.07 Å². The molecule has 3 rings (SSSR count). The number of hydrogen-bond donors (Lipinski definition) is 0. The highest BCUT2D eigenvalue weighted by Gasteiger charge is 2.38. The van der Waals surface area contributed by atoms with Crippen molar-refractivity contribution in [2.75, 3.05) is 6.54 Å². The van der Waals surface area contributed by atoms with Crippen LogP contribution in [-0.2, 0) is 0 Å². The number of benzene rings is 1. The second-order valence-electron chi connectivity index (χ2n) is 5.11. The van der Waals surface area contributed by atoms with Gasteiger partial charge < -0.3 is 4.90 Å². The summed E-state index contributed by atoms with van der Waals surface area (Å²) in [5.74, 6) is -1.06. The number of thiazole rings is 1. The highest BCUT2D eigenvalue weighted by molar-refractivity contribution is 7.09. The zero-order valence-corrected chi connectivity index (χ0v) is 12.2. The Balaban J connectivity index is 1.92. The number of carbonyl (C=O) groups is 1. The monoisotopic (exact) mass is 308 g/mol. The third-order valence-corrected chi connectivity index (χ3v) is 4.60. The number of hydrogen-bond acceptors (Lipinski definition) is 3. The third-order valence-electron chi connectivity index (χ3n) is 3.54. The van der Waals surface area contributed by atoms with Crippen LogP contribution in [-0.4, -0.2) is 28.5 Å². The molecule has 0 unspecified atom stereocenters. The van der Waals surface area contributed by atoms with E-state index in [0.29, 0.717) is 5.01 Å². The molecule has 1 aromatic heterocycles. The molecule has 0 saturated carbocycles. The van der Waals surface area contributed by atoms with Crippen LogP contribution in [0.3, 0.4) is 0 Å². The van der Waals surface area contributed by atoms with Crippen LogP contribution in [0.5, 0.6) is 0 Å². The van der Waals surface area contributed by atoms with Gasteiger partial charge in [0, 0.05) is 17.5 Å². The highest BCUT2D eigenvalue weighted by Crippen LogP contribution is 2.36. The van der Waals surface area contributed by atoms with E-state index in [-0.39, 0.29) is 18.5 Å². The van der Waals surface area contributed by atoms with E-state index < -0.39 is 23.9 Å². The Morgan fingerprint density at radius 3 is 2.86 bits per heavy atom. The van der Waals surface area contributed by atoms with E-state index >= 15 is 0 Å². The number of likely N-dealkylation sites (tertiary alicyclic amines) is 1. The molecule has 1 fully saturated rings. The second-order valence-corrected chi connectivity index (χ2v) is 6.00. The number of aromatic nitrogens is 1. The standard InChI is InChI=1S/C15H14F2N2OS/c1-9-8-21-14(18-9)13-6-10(16)7-19(13)15(20)11-4-2-3-5-12(11)17/h2-5,8,10,13H,6-7H2,1H3/t10-,13+/m0/s1. The molecule has 3 nitrogen and oxygen atoms in total. The summed E-state index contributed by atoms with van der Waals surface area (Å²) in [6.07, 6.45) is -0.886. The lowest BCUT2D eigenvalue weighted by Gasteiger charge is -2.23. The van der Waals surface area contributed by atoms with Crippen molar-refractivity contribution >= 4 is 17.2 Å². The highest BCUT2D eigenvalue weighted by atomic mass is 32.1. The summed E-state index contributed by atoms with van der Waals surface area (Å²) >= 11 is 1.40. The molecule has 1 aliphatic heterocycles. The first-order chi connectivity index (χ1) is 10.1. The van der Waals surface area contributed by atoms with Crippen LogP contribution < -0.4 is 0 Å². The number of alkyl halides is 1. The maximum Gasteiger partial charge on any atom is 0.257 e. The lowest BCUT2D eigenvalue weighted by atomic mass is 10.1. The van der Waals surface area contributed by atoms with Gasteiger partial charge in [-0.1, -0.05) is 12.1 Å². The van der Waals surface area contributed by atoms with Gasteiger partial charge in [-0.05, 0) is 19.1 Å². The van der Waals surface area contributed by atoms with Crippen molar-refractivity contribution < 1.29 is 13.6 Å². The number of aryl methyl sites for hydroxylation is 1. The Morgan fingerprint density at radius 1 is 1.43 bits per heavy atom. The molecule has 1 aromatic carbocycles. The topological polar surface area (TPSA) is 33.2 Å². The lowest BCUT2D eigenvalue weighted by Crippen LogP contribution is -2.32. The maximum absolute atomic E-state index is 13.8. The molecule has 0 N–H and O–H groups in total. The van der Waals surface area contributed by atoms with E-state index in [1.807, 2.05) is 12.3 Å². The molecule has 21 heavy (non-hydrogen) atoms. The second kappa shape index (κ2) is 5.52. The predicted molar refractivity (Wildman–Crippen MR) is 76.5 cm³/mol. The van der Waals surface area contributed by atoms with Crippen LogP contribution in [0.1, 0.15) is 33.5 Å². The Morgan fingerprint density at radius 2 is 2.19 bits per heavy atom. The molecular weight excluding hydrogens is 294 g/mol. The Labute approximate surface area is 125 Å². The molecular formula is C15H14F2N2OS. The quantitative estimate of drug-likeness (QED) is 0.850. The summed E-state index contributed by atoms with van der Waals surface area (Å²) in [5.41, 5.74) is 0.820. The number of carbonyl (C=O) groups excluding carboxylic acids is 1. The summed E-state index contributed by atoms with van der Waals surface area (Å²) in [5, 5.41) is 2.57. The smallest absolute Gasteiger partial charge is 0.257 e. The van der Waals surface area contributed by atoms with E-state index in [4.69, 9.17) is 0 Å². The van der Waals surface area contributed by atoms with Gasteiger partial charge in [0.05, 0.1) is 18.2 Å². The zero-order valence-electron chi connectivity index (χ0n) is 11.4. The van der Waals surface area contributed by atoms with E-state index in [2.05, 4.69) is 4.98 Å². The van der Waals surface area contributed by atoms with Crippen LogP contribution in [0.25, 0.3) is 0 Å². The molecule has 2 atom stereocenters. The van der Waals surface area contributed by atoms with Crippen LogP contribution >= 0.6 is 11.3 Å². The average Bonchev–Trinajstić information content (AvgIpc) is 3.04. The maximum atomic E-state index is 13.8. The van der Waals surface area contributed by atoms with Gasteiger partial charge in [0.2, 0.25) is 0 Å². The molecule has 0 aliphatic carbocycles. The van der Waals surface area contributed by atoms with Crippen LogP contribution in [0.15, 0.2) is 29.6 Å². The van der Waals surface area contributed by atoms with E-state index in [1.165, 1.54) is 34.4 Å². The summed E-state index contributed by atoms with van der Waals surface area (Å²) in [4.78, 5) is 18.2. The van der Waals surface area contributed by atoms with Crippen LogP contribution in [0.2, 0.25) is 0 Å². The third kappa shape index (κ3) is 2.68. The Hall–Kier alpha value is -1.82. The fourth-order valence-corrected chi connectivity index (χ4v) is 3.48. The van der Waals surface area contributed by atoms with Crippen molar-refractivity contribution in [2.24, 2.45) is 0 Å². The van der Waals surface area contributed by atoms with Crippen molar-refractivity contribution in [1.29, 1.82) is 0 Å². The fourth-order valence-electron chi connectivity index (χ4n) is 2.56. The molecule has 0 radical (unpaired) electrons. The van der Waals surface area contributed by atoms with Gasteiger partial charge in [-0.3, -0.25) is 4.79 Å². The largest absolute Gasteiger partial charge is 0.326 e. The Kier molecular flexibility index (Phi) is 3.71. The molecule has 0 spiro atoms. The minimum absolute atomic E-state index is 0.0174. The van der Waals surface area contributed by atoms with Crippen molar-refractivity contribution in [2.45, 2.75) is 25.6 Å². The molecule has 0 bridgehead atoms. The minimum atomic E-state index is -1.10. The molecule has 1 amide bonds. The van der Waals surface area contributed by atoms with Gasteiger partial charge in [0.15, 0.2) is 0 Å². The SMILES string of the molecule is Cc1csc([C@H]2C[C@H](F)CN2C(=O)c2ccccc2F)n1. The molecule has 1 saturated heterocycles. The predicted octanol–water partition coefficient (Wildman–Crippen LogP) is 3.52. The number of nitrogens with zero attached hydrogens (tertiary/aromatic N) is 2. The number of rotatable bonds is 2. The van der Waals surface area contributed by atoms with Gasteiger partial charge >= 0.3 is 0 Å². The number of amides is 1. The zero-order chi connectivity index (χ0) is 15.0. The lowest BCUT2D eigenvalue weighted by molar-refractivity contribution is 0.0723. The van der Waals surface area contributed by atoms with Gasteiger partial charge in [-0.2, -0.15) is 0 Å².